The van der Waals surface area contributed by atoms with Gasteiger partial charge in [-0.15, -0.1) is 0 Å². The summed E-state index contributed by atoms with van der Waals surface area (Å²) in [5.41, 5.74) is 1.07. The first-order valence-corrected chi connectivity index (χ1v) is 4.73. The minimum atomic E-state index is -0.315. The van der Waals surface area contributed by atoms with Gasteiger partial charge in [0.05, 0.1) is 12.1 Å². The molecule has 0 amide bonds. The largest absolute Gasteiger partial charge is 0.391 e. The fraction of sp³-hybridized carbons (Fsp3) is 0.455. The lowest BCUT2D eigenvalue weighted by molar-refractivity contribution is 0.169. The van der Waals surface area contributed by atoms with Gasteiger partial charge >= 0.3 is 0 Å². The molecule has 0 aliphatic heterocycles. The van der Waals surface area contributed by atoms with Crippen LogP contribution in [0, 0.1) is 0 Å². The molecule has 2 atom stereocenters. The fourth-order valence-corrected chi connectivity index (χ4v) is 1.31. The predicted octanol–water partition coefficient (Wildman–Crippen LogP) is 2.26. The molecular weight excluding hydrogens is 162 g/mol. The van der Waals surface area contributed by atoms with Crippen LogP contribution < -0.4 is 5.32 Å². The Labute approximate surface area is 79.6 Å². The van der Waals surface area contributed by atoms with Gasteiger partial charge in [-0.1, -0.05) is 25.1 Å². The van der Waals surface area contributed by atoms with Crippen molar-refractivity contribution in [2.24, 2.45) is 0 Å². The van der Waals surface area contributed by atoms with Crippen molar-refractivity contribution in [3.8, 4) is 0 Å². The quantitative estimate of drug-likeness (QED) is 0.743. The number of benzene rings is 1. The molecule has 0 saturated carbocycles. The van der Waals surface area contributed by atoms with E-state index >= 15 is 0 Å². The average Bonchev–Trinajstić information content (AvgIpc) is 2.15. The van der Waals surface area contributed by atoms with Crippen molar-refractivity contribution in [1.82, 2.24) is 0 Å². The van der Waals surface area contributed by atoms with E-state index in [-0.39, 0.29) is 12.1 Å². The van der Waals surface area contributed by atoms with Crippen LogP contribution in [0.3, 0.4) is 0 Å². The third-order valence-electron chi connectivity index (χ3n) is 2.15. The third kappa shape index (κ3) is 3.07. The van der Waals surface area contributed by atoms with E-state index in [1.54, 1.807) is 0 Å². The second-order valence-corrected chi connectivity index (χ2v) is 3.27. The minimum absolute atomic E-state index is 0.141. The van der Waals surface area contributed by atoms with Crippen LogP contribution in [0.15, 0.2) is 30.3 Å². The number of aliphatic hydroxyl groups is 1. The van der Waals surface area contributed by atoms with Crippen molar-refractivity contribution in [2.75, 3.05) is 5.32 Å². The number of para-hydroxylation sites is 1. The van der Waals surface area contributed by atoms with Crippen LogP contribution in [0.25, 0.3) is 0 Å². The van der Waals surface area contributed by atoms with E-state index < -0.39 is 0 Å². The van der Waals surface area contributed by atoms with Gasteiger partial charge in [0.15, 0.2) is 0 Å². The summed E-state index contributed by atoms with van der Waals surface area (Å²) >= 11 is 0. The average molecular weight is 179 g/mol. The van der Waals surface area contributed by atoms with Crippen LogP contribution in [0.1, 0.15) is 20.3 Å². The number of anilines is 1. The summed E-state index contributed by atoms with van der Waals surface area (Å²) in [7, 11) is 0. The summed E-state index contributed by atoms with van der Waals surface area (Å²) < 4.78 is 0. The summed E-state index contributed by atoms with van der Waals surface area (Å²) in [6, 6.07) is 10.1. The molecule has 0 aliphatic carbocycles. The van der Waals surface area contributed by atoms with Crippen molar-refractivity contribution < 1.29 is 5.11 Å². The lowest BCUT2D eigenvalue weighted by Crippen LogP contribution is -2.30. The minimum Gasteiger partial charge on any atom is -0.391 e. The van der Waals surface area contributed by atoms with Crippen LogP contribution in [0.2, 0.25) is 0 Å². The molecule has 2 nitrogen and oxygen atoms in total. The van der Waals surface area contributed by atoms with Gasteiger partial charge in [0.1, 0.15) is 0 Å². The monoisotopic (exact) mass is 179 g/mol. The van der Waals surface area contributed by atoms with Gasteiger partial charge in [-0.25, -0.2) is 0 Å². The smallest absolute Gasteiger partial charge is 0.0712 e. The zero-order valence-corrected chi connectivity index (χ0v) is 8.20. The molecule has 0 spiro atoms. The Morgan fingerprint density at radius 2 is 1.92 bits per heavy atom. The Kier molecular flexibility index (Phi) is 3.77. The van der Waals surface area contributed by atoms with Gasteiger partial charge in [0, 0.05) is 5.69 Å². The van der Waals surface area contributed by atoms with Crippen LogP contribution >= 0.6 is 0 Å². The lowest BCUT2D eigenvalue weighted by atomic mass is 10.1. The van der Waals surface area contributed by atoms with E-state index in [1.807, 2.05) is 37.3 Å². The van der Waals surface area contributed by atoms with Gasteiger partial charge in [0.25, 0.3) is 0 Å². The van der Waals surface area contributed by atoms with E-state index in [0.29, 0.717) is 0 Å². The molecule has 0 fully saturated rings. The molecule has 0 saturated heterocycles. The molecule has 0 unspecified atom stereocenters. The summed E-state index contributed by atoms with van der Waals surface area (Å²) in [5, 5.41) is 12.7. The van der Waals surface area contributed by atoms with Crippen molar-refractivity contribution in [3.63, 3.8) is 0 Å². The van der Waals surface area contributed by atoms with Crippen molar-refractivity contribution in [1.29, 1.82) is 0 Å². The molecule has 2 heteroatoms. The highest BCUT2D eigenvalue weighted by Gasteiger charge is 2.11. The zero-order valence-electron chi connectivity index (χ0n) is 8.20. The zero-order chi connectivity index (χ0) is 9.68. The van der Waals surface area contributed by atoms with Gasteiger partial charge in [-0.3, -0.25) is 0 Å². The van der Waals surface area contributed by atoms with Crippen LogP contribution in [0.4, 0.5) is 5.69 Å². The molecule has 13 heavy (non-hydrogen) atoms. The van der Waals surface area contributed by atoms with Gasteiger partial charge in [-0.05, 0) is 25.5 Å². The fourth-order valence-electron chi connectivity index (χ4n) is 1.31. The van der Waals surface area contributed by atoms with E-state index in [9.17, 15) is 5.11 Å². The molecule has 0 aromatic heterocycles. The molecule has 72 valence electrons. The molecule has 0 radical (unpaired) electrons. The summed E-state index contributed by atoms with van der Waals surface area (Å²) in [6.45, 7) is 3.87. The molecule has 0 bridgehead atoms. The molecule has 1 rings (SSSR count). The van der Waals surface area contributed by atoms with Crippen LogP contribution in [-0.2, 0) is 0 Å². The second kappa shape index (κ2) is 4.87. The third-order valence-corrected chi connectivity index (χ3v) is 2.15. The van der Waals surface area contributed by atoms with Gasteiger partial charge in [0.2, 0.25) is 0 Å². The Morgan fingerprint density at radius 3 is 2.38 bits per heavy atom. The Hall–Kier alpha value is -1.02. The SMILES string of the molecule is CC[C@@H](Nc1ccccc1)[C@H](C)O. The Morgan fingerprint density at radius 1 is 1.31 bits per heavy atom. The molecule has 0 heterocycles. The van der Waals surface area contributed by atoms with Crippen LogP contribution in [0.5, 0.6) is 0 Å². The first-order chi connectivity index (χ1) is 6.24. The number of aliphatic hydroxyl groups excluding tert-OH is 1. The second-order valence-electron chi connectivity index (χ2n) is 3.27. The Bertz CT molecular complexity index is 233. The van der Waals surface area contributed by atoms with E-state index in [4.69, 9.17) is 0 Å². The molecule has 2 N–H and O–H groups in total. The number of hydrogen-bond donors (Lipinski definition) is 2. The standard InChI is InChI=1S/C11H17NO/c1-3-11(9(2)13)12-10-7-5-4-6-8-10/h4-9,11-13H,3H2,1-2H3/t9-,11+/m0/s1. The van der Waals surface area contributed by atoms with Crippen molar-refractivity contribution in [3.05, 3.63) is 30.3 Å². The first kappa shape index (κ1) is 10.1. The first-order valence-electron chi connectivity index (χ1n) is 4.73. The molecule has 1 aromatic rings. The lowest BCUT2D eigenvalue weighted by Gasteiger charge is -2.20. The molecular formula is C11H17NO. The van der Waals surface area contributed by atoms with Crippen LogP contribution in [-0.4, -0.2) is 17.3 Å². The highest BCUT2D eigenvalue weighted by Crippen LogP contribution is 2.10. The van der Waals surface area contributed by atoms with Crippen molar-refractivity contribution in [2.45, 2.75) is 32.4 Å². The highest BCUT2D eigenvalue weighted by molar-refractivity contribution is 5.43. The normalized spacial score (nSPS) is 15.0. The topological polar surface area (TPSA) is 32.3 Å². The maximum atomic E-state index is 9.41. The number of hydrogen-bond acceptors (Lipinski definition) is 2. The van der Waals surface area contributed by atoms with Crippen molar-refractivity contribution >= 4 is 5.69 Å². The Balaban J connectivity index is 2.57. The summed E-state index contributed by atoms with van der Waals surface area (Å²) in [6.07, 6.45) is 0.609. The summed E-state index contributed by atoms with van der Waals surface area (Å²) in [4.78, 5) is 0. The van der Waals surface area contributed by atoms with Gasteiger partial charge < -0.3 is 10.4 Å². The molecule has 0 aliphatic rings. The number of rotatable bonds is 4. The van der Waals surface area contributed by atoms with E-state index in [0.717, 1.165) is 12.1 Å². The number of nitrogens with one attached hydrogen (secondary N) is 1. The summed E-state index contributed by atoms with van der Waals surface area (Å²) in [5.74, 6) is 0. The molecule has 1 aromatic carbocycles. The van der Waals surface area contributed by atoms with E-state index in [1.165, 1.54) is 0 Å². The van der Waals surface area contributed by atoms with Gasteiger partial charge in [-0.2, -0.15) is 0 Å². The maximum absolute atomic E-state index is 9.41. The highest BCUT2D eigenvalue weighted by atomic mass is 16.3. The predicted molar refractivity (Wildman–Crippen MR) is 55.8 cm³/mol. The van der Waals surface area contributed by atoms with E-state index in [2.05, 4.69) is 12.2 Å². The maximum Gasteiger partial charge on any atom is 0.0712 e.